The maximum atomic E-state index is 13.5. The first-order valence-corrected chi connectivity index (χ1v) is 10.9. The zero-order valence-corrected chi connectivity index (χ0v) is 19.7. The number of aryl methyl sites for hydroxylation is 1. The van der Waals surface area contributed by atoms with Crippen LogP contribution < -0.4 is 4.74 Å². The van der Waals surface area contributed by atoms with E-state index in [-0.39, 0.29) is 28.1 Å². The van der Waals surface area contributed by atoms with Crippen molar-refractivity contribution >= 4 is 34.0 Å². The number of aliphatic hydroxyl groups is 1. The molecule has 0 saturated heterocycles. The smallest absolute Gasteiger partial charge is 0.258 e. The van der Waals surface area contributed by atoms with Gasteiger partial charge in [-0.25, -0.2) is 14.4 Å². The first kappa shape index (κ1) is 23.1. The number of halogens is 2. The Balaban J connectivity index is 1.81. The van der Waals surface area contributed by atoms with E-state index in [0.29, 0.717) is 28.8 Å². The average molecular weight is 471 g/mol. The summed E-state index contributed by atoms with van der Waals surface area (Å²) in [5.41, 5.74) is 0.175. The van der Waals surface area contributed by atoms with Gasteiger partial charge in [-0.2, -0.15) is 0 Å². The van der Waals surface area contributed by atoms with Gasteiger partial charge in [-0.3, -0.25) is 4.79 Å². The van der Waals surface area contributed by atoms with Gasteiger partial charge in [0.2, 0.25) is 0 Å². The minimum Gasteiger partial charge on any atom is -0.508 e. The van der Waals surface area contributed by atoms with Crippen LogP contribution in [0.1, 0.15) is 45.7 Å². The van der Waals surface area contributed by atoms with E-state index >= 15 is 0 Å². The maximum Gasteiger partial charge on any atom is 0.258 e. The number of fused-ring (bicyclic) bond motifs is 1. The molecule has 1 aliphatic heterocycles. The van der Waals surface area contributed by atoms with Gasteiger partial charge in [-0.15, -0.1) is 0 Å². The molecule has 0 fully saturated rings. The lowest BCUT2D eigenvalue weighted by atomic mass is 9.81. The number of Topliss-reactive ketones (excluding diaryl/α,β-unsaturated/α-hetero) is 1. The lowest BCUT2D eigenvalue weighted by molar-refractivity contribution is -0.158. The third-order valence-electron chi connectivity index (χ3n) is 5.59. The van der Waals surface area contributed by atoms with Gasteiger partial charge in [0.15, 0.2) is 10.9 Å². The molecule has 33 heavy (non-hydrogen) atoms. The highest BCUT2D eigenvalue weighted by Gasteiger charge is 2.47. The number of nitrogens with zero attached hydrogens (tertiary/aromatic N) is 2. The van der Waals surface area contributed by atoms with E-state index in [9.17, 15) is 14.3 Å². The quantitative estimate of drug-likeness (QED) is 0.488. The fourth-order valence-corrected chi connectivity index (χ4v) is 4.19. The monoisotopic (exact) mass is 470 g/mol. The maximum absolute atomic E-state index is 13.5. The summed E-state index contributed by atoms with van der Waals surface area (Å²) in [5.74, 6) is -0.499. The van der Waals surface area contributed by atoms with Crippen molar-refractivity contribution in [2.45, 2.75) is 52.2 Å². The van der Waals surface area contributed by atoms with Crippen molar-refractivity contribution in [1.82, 2.24) is 9.97 Å². The summed E-state index contributed by atoms with van der Waals surface area (Å²) in [6.07, 6.45) is 0.628. The molecule has 8 heteroatoms. The van der Waals surface area contributed by atoms with Crippen LogP contribution in [0.25, 0.3) is 16.6 Å². The number of aromatic nitrogens is 2. The number of ketones is 1. The second-order valence-electron chi connectivity index (χ2n) is 8.90. The summed E-state index contributed by atoms with van der Waals surface area (Å²) < 4.78 is 25.2. The third-order valence-corrected chi connectivity index (χ3v) is 5.84. The number of carbonyl (C=O) groups is 1. The number of ether oxygens (including phenoxy) is 2. The van der Waals surface area contributed by atoms with Gasteiger partial charge in [0, 0.05) is 6.07 Å². The molecule has 0 saturated carbocycles. The molecule has 1 N–H and O–H groups in total. The van der Waals surface area contributed by atoms with E-state index in [2.05, 4.69) is 9.97 Å². The van der Waals surface area contributed by atoms with E-state index in [1.807, 2.05) is 13.0 Å². The predicted molar refractivity (Wildman–Crippen MR) is 124 cm³/mol. The first-order chi connectivity index (χ1) is 15.4. The topological polar surface area (TPSA) is 81.5 Å². The Morgan fingerprint density at radius 3 is 2.48 bits per heavy atom. The molecule has 0 aliphatic carbocycles. The van der Waals surface area contributed by atoms with Crippen molar-refractivity contribution in [2.24, 2.45) is 0 Å². The van der Waals surface area contributed by atoms with Crippen LogP contribution in [-0.4, -0.2) is 32.1 Å². The molecule has 1 aromatic heterocycles. The summed E-state index contributed by atoms with van der Waals surface area (Å²) in [5, 5.41) is 10.9. The molecule has 172 valence electrons. The summed E-state index contributed by atoms with van der Waals surface area (Å²) in [4.78, 5) is 21.8. The van der Waals surface area contributed by atoms with Crippen molar-refractivity contribution in [3.8, 4) is 11.6 Å². The Morgan fingerprint density at radius 2 is 1.79 bits per heavy atom. The number of aliphatic hydroxyl groups excluding tert-OH is 1. The molecule has 0 atom stereocenters. The minimum atomic E-state index is -1.12. The Hall–Kier alpha value is -3.03. The van der Waals surface area contributed by atoms with Crippen LogP contribution in [0.4, 0.5) is 4.39 Å². The average Bonchev–Trinajstić information content (AvgIpc) is 2.73. The second-order valence-corrected chi connectivity index (χ2v) is 9.26. The van der Waals surface area contributed by atoms with Gasteiger partial charge < -0.3 is 14.6 Å². The number of benzene rings is 2. The number of rotatable bonds is 4. The van der Waals surface area contributed by atoms with E-state index in [0.717, 1.165) is 5.56 Å². The fraction of sp³-hybridized carbons (Fsp3) is 0.320. The number of hydrogen-bond donors (Lipinski definition) is 1. The molecule has 0 amide bonds. The summed E-state index contributed by atoms with van der Waals surface area (Å²) in [6, 6.07) is 9.23. The van der Waals surface area contributed by atoms with Gasteiger partial charge in [0.25, 0.3) is 5.88 Å². The van der Waals surface area contributed by atoms with Crippen molar-refractivity contribution in [2.75, 3.05) is 0 Å². The summed E-state index contributed by atoms with van der Waals surface area (Å²) in [7, 11) is 0. The van der Waals surface area contributed by atoms with Crippen LogP contribution in [-0.2, 0) is 16.0 Å². The zero-order valence-electron chi connectivity index (χ0n) is 19.0. The Labute approximate surface area is 196 Å². The van der Waals surface area contributed by atoms with Crippen molar-refractivity contribution in [3.05, 3.63) is 64.3 Å². The fourth-order valence-electron chi connectivity index (χ4n) is 4.02. The molecular formula is C25H24ClFN2O4. The normalized spacial score (nSPS) is 17.5. The van der Waals surface area contributed by atoms with Crippen LogP contribution in [0.3, 0.4) is 0 Å². The van der Waals surface area contributed by atoms with Crippen molar-refractivity contribution < 1.29 is 23.8 Å². The standard InChI is InChI=1S/C25H24ClFN2O4/c1-6-13-7-9-15(32-23-22(26)28-18-11-14(27)8-10-17(18)29-23)12-16(13)19-20(30)24(2,3)33-25(4,5)21(19)31/h7-12,30H,6H2,1-5H3. The van der Waals surface area contributed by atoms with Crippen LogP contribution >= 0.6 is 11.6 Å². The lowest BCUT2D eigenvalue weighted by Crippen LogP contribution is -2.49. The molecule has 0 bridgehead atoms. The molecule has 0 radical (unpaired) electrons. The predicted octanol–water partition coefficient (Wildman–Crippen LogP) is 6.20. The van der Waals surface area contributed by atoms with E-state index in [1.165, 1.54) is 18.2 Å². The minimum absolute atomic E-state index is 0.0271. The molecule has 0 unspecified atom stereocenters. The molecular weight excluding hydrogens is 447 g/mol. The van der Waals surface area contributed by atoms with Gasteiger partial charge in [-0.1, -0.05) is 24.6 Å². The molecule has 4 rings (SSSR count). The Kier molecular flexibility index (Phi) is 5.66. The van der Waals surface area contributed by atoms with Crippen molar-refractivity contribution in [1.29, 1.82) is 0 Å². The zero-order chi connectivity index (χ0) is 24.1. The van der Waals surface area contributed by atoms with E-state index in [1.54, 1.807) is 39.8 Å². The van der Waals surface area contributed by atoms with Crippen LogP contribution in [0.15, 0.2) is 42.2 Å². The van der Waals surface area contributed by atoms with Crippen LogP contribution in [0.5, 0.6) is 11.6 Å². The molecule has 6 nitrogen and oxygen atoms in total. The molecule has 0 spiro atoms. The SMILES string of the molecule is CCc1ccc(Oc2nc3ccc(F)cc3nc2Cl)cc1C1=C(O)C(C)(C)OC(C)(C)C1=O. The van der Waals surface area contributed by atoms with Crippen LogP contribution in [0.2, 0.25) is 5.15 Å². The van der Waals surface area contributed by atoms with Crippen molar-refractivity contribution in [3.63, 3.8) is 0 Å². The Morgan fingerprint density at radius 1 is 1.06 bits per heavy atom. The first-order valence-electron chi connectivity index (χ1n) is 10.6. The molecule has 2 aromatic carbocycles. The van der Waals surface area contributed by atoms with E-state index < -0.39 is 17.0 Å². The van der Waals surface area contributed by atoms with Crippen LogP contribution in [0, 0.1) is 5.82 Å². The number of carbonyl (C=O) groups excluding carboxylic acids is 1. The third kappa shape index (κ3) is 4.18. The highest BCUT2D eigenvalue weighted by molar-refractivity contribution is 6.31. The second kappa shape index (κ2) is 8.08. The highest BCUT2D eigenvalue weighted by Crippen LogP contribution is 2.42. The molecule has 1 aliphatic rings. The largest absolute Gasteiger partial charge is 0.508 e. The Bertz CT molecular complexity index is 1320. The highest BCUT2D eigenvalue weighted by atomic mass is 35.5. The van der Waals surface area contributed by atoms with Gasteiger partial charge in [-0.05, 0) is 69.5 Å². The summed E-state index contributed by atoms with van der Waals surface area (Å²) >= 11 is 6.23. The van der Waals surface area contributed by atoms with E-state index in [4.69, 9.17) is 21.1 Å². The van der Waals surface area contributed by atoms with Gasteiger partial charge in [0.1, 0.15) is 28.5 Å². The van der Waals surface area contributed by atoms with Gasteiger partial charge in [0.05, 0.1) is 16.6 Å². The molecule has 3 aromatic rings. The molecule has 2 heterocycles. The number of hydrogen-bond acceptors (Lipinski definition) is 6. The van der Waals surface area contributed by atoms with Gasteiger partial charge >= 0.3 is 0 Å². The summed E-state index contributed by atoms with van der Waals surface area (Å²) in [6.45, 7) is 8.76. The lowest BCUT2D eigenvalue weighted by Gasteiger charge is -2.40.